The summed E-state index contributed by atoms with van der Waals surface area (Å²) < 4.78 is 16.9. The van der Waals surface area contributed by atoms with Crippen molar-refractivity contribution in [2.45, 2.75) is 45.4 Å². The monoisotopic (exact) mass is 265 g/mol. The molecule has 0 aromatic carbocycles. The first-order chi connectivity index (χ1) is 9.31. The molecule has 2 fully saturated rings. The Morgan fingerprint density at radius 2 is 2.26 bits per heavy atom. The van der Waals surface area contributed by atoms with E-state index in [1.54, 1.807) is 0 Å². The van der Waals surface area contributed by atoms with Crippen molar-refractivity contribution in [3.8, 4) is 0 Å². The molecule has 1 aromatic heterocycles. The van der Waals surface area contributed by atoms with E-state index in [9.17, 15) is 0 Å². The van der Waals surface area contributed by atoms with Gasteiger partial charge >= 0.3 is 0 Å². The second-order valence-corrected chi connectivity index (χ2v) is 5.69. The number of hydrogen-bond acceptors (Lipinski definition) is 4. The van der Waals surface area contributed by atoms with E-state index in [0.717, 1.165) is 44.3 Å². The maximum atomic E-state index is 5.78. The van der Waals surface area contributed by atoms with Gasteiger partial charge in [0.25, 0.3) is 0 Å². The van der Waals surface area contributed by atoms with Crippen LogP contribution >= 0.6 is 0 Å². The number of rotatable bonds is 7. The minimum Gasteiger partial charge on any atom is -0.465 e. The van der Waals surface area contributed by atoms with Crippen LogP contribution in [0.25, 0.3) is 0 Å². The lowest BCUT2D eigenvalue weighted by molar-refractivity contribution is 0.0785. The normalized spacial score (nSPS) is 23.1. The first kappa shape index (κ1) is 13.2. The number of ether oxygens (including phenoxy) is 2. The lowest BCUT2D eigenvalue weighted by Crippen LogP contribution is -2.14. The van der Waals surface area contributed by atoms with Gasteiger partial charge in [0.2, 0.25) is 0 Å². The fraction of sp³-hybridized carbons (Fsp3) is 0.733. The van der Waals surface area contributed by atoms with Crippen molar-refractivity contribution in [1.82, 2.24) is 5.32 Å². The van der Waals surface area contributed by atoms with Crippen molar-refractivity contribution >= 4 is 0 Å². The van der Waals surface area contributed by atoms with Gasteiger partial charge in [0, 0.05) is 24.1 Å². The standard InChI is InChI=1S/C15H23NO3/c1-11-13(10-18-9-12-4-5-17-8-12)6-15(19-11)7-16-14-2-3-14/h6,12,14,16H,2-5,7-10H2,1H3. The molecule has 3 rings (SSSR count). The fourth-order valence-corrected chi connectivity index (χ4v) is 2.40. The van der Waals surface area contributed by atoms with Gasteiger partial charge in [-0.2, -0.15) is 0 Å². The quantitative estimate of drug-likeness (QED) is 0.822. The van der Waals surface area contributed by atoms with Crippen molar-refractivity contribution in [2.75, 3.05) is 19.8 Å². The second-order valence-electron chi connectivity index (χ2n) is 5.69. The highest BCUT2D eigenvalue weighted by Gasteiger charge is 2.21. The Labute approximate surface area is 114 Å². The first-order valence-electron chi connectivity index (χ1n) is 7.28. The molecule has 2 heterocycles. The van der Waals surface area contributed by atoms with Gasteiger partial charge in [-0.1, -0.05) is 0 Å². The average Bonchev–Trinajstić information content (AvgIpc) is 2.96. The minimum absolute atomic E-state index is 0.572. The molecule has 1 aromatic rings. The highest BCUT2D eigenvalue weighted by molar-refractivity contribution is 5.20. The van der Waals surface area contributed by atoms with E-state index in [0.29, 0.717) is 18.6 Å². The summed E-state index contributed by atoms with van der Waals surface area (Å²) in [7, 11) is 0. The molecule has 0 amide bonds. The van der Waals surface area contributed by atoms with Crippen LogP contribution in [0.3, 0.4) is 0 Å². The van der Waals surface area contributed by atoms with Gasteiger partial charge in [0.15, 0.2) is 0 Å². The Morgan fingerprint density at radius 1 is 1.37 bits per heavy atom. The summed E-state index contributed by atoms with van der Waals surface area (Å²) in [5, 5.41) is 3.46. The molecule has 4 nitrogen and oxygen atoms in total. The lowest BCUT2D eigenvalue weighted by Gasteiger charge is -2.07. The molecule has 0 radical (unpaired) electrons. The first-order valence-corrected chi connectivity index (χ1v) is 7.28. The van der Waals surface area contributed by atoms with Crippen molar-refractivity contribution in [3.63, 3.8) is 0 Å². The van der Waals surface area contributed by atoms with Crippen LogP contribution < -0.4 is 5.32 Å². The third kappa shape index (κ3) is 3.81. The van der Waals surface area contributed by atoms with Crippen LogP contribution in [0.1, 0.15) is 36.3 Å². The molecule has 1 atom stereocenters. The summed E-state index contributed by atoms with van der Waals surface area (Å²) in [4.78, 5) is 0. The van der Waals surface area contributed by atoms with Gasteiger partial charge in [-0.25, -0.2) is 0 Å². The predicted octanol–water partition coefficient (Wildman–Crippen LogP) is 2.39. The zero-order valence-corrected chi connectivity index (χ0v) is 11.6. The van der Waals surface area contributed by atoms with Crippen LogP contribution in [0.2, 0.25) is 0 Å². The zero-order chi connectivity index (χ0) is 13.1. The Hall–Kier alpha value is -0.840. The summed E-state index contributed by atoms with van der Waals surface area (Å²) in [6.07, 6.45) is 3.74. The Balaban J connectivity index is 1.43. The van der Waals surface area contributed by atoms with Gasteiger partial charge in [0.1, 0.15) is 11.5 Å². The number of hydrogen-bond donors (Lipinski definition) is 1. The van der Waals surface area contributed by atoms with Crippen LogP contribution in [0.15, 0.2) is 10.5 Å². The molecule has 4 heteroatoms. The number of nitrogens with one attached hydrogen (secondary N) is 1. The largest absolute Gasteiger partial charge is 0.465 e. The van der Waals surface area contributed by atoms with Gasteiger partial charge in [0.05, 0.1) is 26.4 Å². The topological polar surface area (TPSA) is 43.6 Å². The van der Waals surface area contributed by atoms with Crippen LogP contribution in [-0.4, -0.2) is 25.9 Å². The molecule has 1 saturated carbocycles. The van der Waals surface area contributed by atoms with Gasteiger partial charge < -0.3 is 19.2 Å². The highest BCUT2D eigenvalue weighted by Crippen LogP contribution is 2.21. The summed E-state index contributed by atoms with van der Waals surface area (Å²) in [5.41, 5.74) is 1.17. The van der Waals surface area contributed by atoms with E-state index in [2.05, 4.69) is 11.4 Å². The molecule has 2 aliphatic rings. The second kappa shape index (κ2) is 6.07. The zero-order valence-electron chi connectivity index (χ0n) is 11.6. The maximum absolute atomic E-state index is 5.78. The molecule has 0 bridgehead atoms. The number of aryl methyl sites for hydroxylation is 1. The van der Waals surface area contributed by atoms with Crippen molar-refractivity contribution in [2.24, 2.45) is 5.92 Å². The molecule has 1 aliphatic carbocycles. The van der Waals surface area contributed by atoms with Crippen LogP contribution in [0, 0.1) is 12.8 Å². The predicted molar refractivity (Wildman–Crippen MR) is 71.9 cm³/mol. The molecular formula is C15H23NO3. The van der Waals surface area contributed by atoms with E-state index >= 15 is 0 Å². The van der Waals surface area contributed by atoms with Gasteiger partial charge in [-0.05, 0) is 32.3 Å². The van der Waals surface area contributed by atoms with E-state index in [4.69, 9.17) is 13.9 Å². The van der Waals surface area contributed by atoms with Gasteiger partial charge in [-0.15, -0.1) is 0 Å². The van der Waals surface area contributed by atoms with E-state index in [-0.39, 0.29) is 0 Å². The number of furan rings is 1. The third-order valence-corrected chi connectivity index (χ3v) is 3.85. The maximum Gasteiger partial charge on any atom is 0.118 e. The Bertz CT molecular complexity index is 406. The van der Waals surface area contributed by atoms with Crippen molar-refractivity contribution < 1.29 is 13.9 Å². The molecule has 19 heavy (non-hydrogen) atoms. The van der Waals surface area contributed by atoms with E-state index < -0.39 is 0 Å². The Morgan fingerprint density at radius 3 is 3.00 bits per heavy atom. The summed E-state index contributed by atoms with van der Waals surface area (Å²) in [6.45, 7) is 6.02. The van der Waals surface area contributed by atoms with E-state index in [1.165, 1.54) is 18.4 Å². The molecule has 1 saturated heterocycles. The third-order valence-electron chi connectivity index (χ3n) is 3.85. The Kier molecular flexibility index (Phi) is 4.21. The smallest absolute Gasteiger partial charge is 0.118 e. The van der Waals surface area contributed by atoms with E-state index in [1.807, 2.05) is 6.92 Å². The summed E-state index contributed by atoms with van der Waals surface area (Å²) in [5.74, 6) is 2.57. The lowest BCUT2D eigenvalue weighted by atomic mass is 10.1. The van der Waals surface area contributed by atoms with Crippen LogP contribution in [0.4, 0.5) is 0 Å². The molecule has 1 aliphatic heterocycles. The minimum atomic E-state index is 0.572. The summed E-state index contributed by atoms with van der Waals surface area (Å²) >= 11 is 0. The molecule has 106 valence electrons. The fourth-order valence-electron chi connectivity index (χ4n) is 2.40. The van der Waals surface area contributed by atoms with Crippen LogP contribution in [-0.2, 0) is 22.6 Å². The molecular weight excluding hydrogens is 242 g/mol. The van der Waals surface area contributed by atoms with Gasteiger partial charge in [-0.3, -0.25) is 0 Å². The van der Waals surface area contributed by atoms with Crippen molar-refractivity contribution in [3.05, 3.63) is 23.2 Å². The van der Waals surface area contributed by atoms with Crippen LogP contribution in [0.5, 0.6) is 0 Å². The average molecular weight is 265 g/mol. The summed E-state index contributed by atoms with van der Waals surface area (Å²) in [6, 6.07) is 2.84. The SMILES string of the molecule is Cc1oc(CNC2CC2)cc1COCC1CCOC1. The van der Waals surface area contributed by atoms with Crippen molar-refractivity contribution in [1.29, 1.82) is 0 Å². The highest BCUT2D eigenvalue weighted by atomic mass is 16.5. The molecule has 0 spiro atoms. The molecule has 1 unspecified atom stereocenters. The molecule has 1 N–H and O–H groups in total.